The number of nitrogens with two attached hydrogens (primary N) is 2. The summed E-state index contributed by atoms with van der Waals surface area (Å²) in [5.41, 5.74) is 10.5. The van der Waals surface area contributed by atoms with Crippen LogP contribution in [-0.4, -0.2) is 10.7 Å². The minimum Gasteiger partial charge on any atom is -0.383 e. The lowest BCUT2D eigenvalue weighted by molar-refractivity contribution is 0.636. The van der Waals surface area contributed by atoms with Gasteiger partial charge in [-0.15, -0.1) is 11.8 Å². The van der Waals surface area contributed by atoms with Crippen LogP contribution in [0.3, 0.4) is 0 Å². The molecule has 0 bridgehead atoms. The smallest absolute Gasteiger partial charge is 0.128 e. The number of nitrogens with zero attached hydrogens (tertiary/aromatic N) is 1. The third-order valence-corrected chi connectivity index (χ3v) is 4.02. The largest absolute Gasteiger partial charge is 0.383 e. The van der Waals surface area contributed by atoms with Crippen molar-refractivity contribution in [2.24, 2.45) is 5.84 Å². The number of halogens is 1. The Kier molecular flexibility index (Phi) is 5.25. The molecule has 2 aromatic rings. The number of benzene rings is 1. The standard InChI is InChI=1S/C14H17ClN4S/c1-2-20-11-5-3-9(4-6-11)13(19-17)12-7-10(15)8-18-14(12)16/h3-8,13,19H,2,17H2,1H3,(H2,16,18). The molecule has 6 heteroatoms. The molecule has 1 heterocycles. The maximum absolute atomic E-state index is 5.98. The molecule has 0 aliphatic heterocycles. The molecular weight excluding hydrogens is 292 g/mol. The van der Waals surface area contributed by atoms with E-state index in [1.54, 1.807) is 17.8 Å². The molecule has 1 aromatic carbocycles. The molecule has 1 aromatic heterocycles. The van der Waals surface area contributed by atoms with Crippen molar-refractivity contribution >= 4 is 29.2 Å². The van der Waals surface area contributed by atoms with Crippen molar-refractivity contribution in [3.05, 3.63) is 52.7 Å². The molecule has 2 rings (SSSR count). The van der Waals surface area contributed by atoms with Gasteiger partial charge in [-0.25, -0.2) is 10.4 Å². The van der Waals surface area contributed by atoms with Gasteiger partial charge in [0.1, 0.15) is 5.82 Å². The number of hydrogen-bond donors (Lipinski definition) is 3. The number of thioether (sulfide) groups is 1. The minimum atomic E-state index is -0.234. The molecule has 0 aliphatic carbocycles. The van der Waals surface area contributed by atoms with E-state index in [4.69, 9.17) is 23.2 Å². The van der Waals surface area contributed by atoms with Gasteiger partial charge in [-0.05, 0) is 29.5 Å². The average Bonchev–Trinajstić information content (AvgIpc) is 2.45. The fraction of sp³-hybridized carbons (Fsp3) is 0.214. The summed E-state index contributed by atoms with van der Waals surface area (Å²) in [6, 6.07) is 9.75. The Labute approximate surface area is 127 Å². The summed E-state index contributed by atoms with van der Waals surface area (Å²) in [7, 11) is 0. The van der Waals surface area contributed by atoms with E-state index in [2.05, 4.69) is 29.5 Å². The normalized spacial score (nSPS) is 12.3. The Bertz CT molecular complexity index is 574. The number of rotatable bonds is 5. The van der Waals surface area contributed by atoms with E-state index in [-0.39, 0.29) is 6.04 Å². The predicted molar refractivity (Wildman–Crippen MR) is 85.7 cm³/mol. The molecular formula is C14H17ClN4S. The molecule has 0 amide bonds. The Morgan fingerprint density at radius 3 is 2.65 bits per heavy atom. The monoisotopic (exact) mass is 308 g/mol. The van der Waals surface area contributed by atoms with Crippen LogP contribution in [0.4, 0.5) is 5.82 Å². The second-order valence-electron chi connectivity index (χ2n) is 4.23. The lowest BCUT2D eigenvalue weighted by atomic mass is 10.00. The molecule has 20 heavy (non-hydrogen) atoms. The van der Waals surface area contributed by atoms with Gasteiger partial charge in [0.15, 0.2) is 0 Å². The highest BCUT2D eigenvalue weighted by Crippen LogP contribution is 2.28. The maximum atomic E-state index is 5.98. The molecule has 0 saturated heterocycles. The van der Waals surface area contributed by atoms with Crippen molar-refractivity contribution in [2.75, 3.05) is 11.5 Å². The van der Waals surface area contributed by atoms with Crippen LogP contribution in [0.2, 0.25) is 5.02 Å². The van der Waals surface area contributed by atoms with Crippen LogP contribution in [0.5, 0.6) is 0 Å². The van der Waals surface area contributed by atoms with E-state index < -0.39 is 0 Å². The summed E-state index contributed by atoms with van der Waals surface area (Å²) in [6.07, 6.45) is 1.52. The second kappa shape index (κ2) is 6.95. The summed E-state index contributed by atoms with van der Waals surface area (Å²) in [5, 5.41) is 0.535. The van der Waals surface area contributed by atoms with Gasteiger partial charge in [-0.1, -0.05) is 30.7 Å². The van der Waals surface area contributed by atoms with Gasteiger partial charge in [-0.3, -0.25) is 5.84 Å². The van der Waals surface area contributed by atoms with Gasteiger partial charge in [0.2, 0.25) is 0 Å². The number of hydrazine groups is 1. The highest BCUT2D eigenvalue weighted by Gasteiger charge is 2.16. The molecule has 0 fully saturated rings. The average molecular weight is 309 g/mol. The number of nitrogen functional groups attached to an aromatic ring is 1. The van der Waals surface area contributed by atoms with Crippen molar-refractivity contribution < 1.29 is 0 Å². The first-order valence-electron chi connectivity index (χ1n) is 6.25. The first kappa shape index (κ1) is 15.1. The zero-order chi connectivity index (χ0) is 14.5. The Morgan fingerprint density at radius 2 is 2.05 bits per heavy atom. The van der Waals surface area contributed by atoms with Crippen molar-refractivity contribution in [3.63, 3.8) is 0 Å². The number of aromatic nitrogens is 1. The Balaban J connectivity index is 2.34. The molecule has 0 spiro atoms. The summed E-state index contributed by atoms with van der Waals surface area (Å²) < 4.78 is 0. The lowest BCUT2D eigenvalue weighted by Gasteiger charge is -2.18. The van der Waals surface area contributed by atoms with Gasteiger partial charge in [0.25, 0.3) is 0 Å². The van der Waals surface area contributed by atoms with Crippen LogP contribution in [0.1, 0.15) is 24.1 Å². The van der Waals surface area contributed by atoms with Crippen molar-refractivity contribution in [3.8, 4) is 0 Å². The zero-order valence-corrected chi connectivity index (χ0v) is 12.7. The number of pyridine rings is 1. The molecule has 0 saturated carbocycles. The first-order chi connectivity index (χ1) is 9.65. The van der Waals surface area contributed by atoms with E-state index in [0.717, 1.165) is 16.9 Å². The van der Waals surface area contributed by atoms with Gasteiger partial charge < -0.3 is 5.73 Å². The van der Waals surface area contributed by atoms with Crippen molar-refractivity contribution in [1.82, 2.24) is 10.4 Å². The fourth-order valence-corrected chi connectivity index (χ4v) is 2.81. The molecule has 5 N–H and O–H groups in total. The van der Waals surface area contributed by atoms with Crippen molar-refractivity contribution in [2.45, 2.75) is 17.9 Å². The minimum absolute atomic E-state index is 0.234. The summed E-state index contributed by atoms with van der Waals surface area (Å²) >= 11 is 7.78. The SMILES string of the molecule is CCSc1ccc(C(NN)c2cc(Cl)cnc2N)cc1. The second-order valence-corrected chi connectivity index (χ2v) is 6.00. The molecule has 4 nitrogen and oxygen atoms in total. The fourth-order valence-electron chi connectivity index (χ4n) is 1.99. The summed E-state index contributed by atoms with van der Waals surface area (Å²) in [5.74, 6) is 7.14. The molecule has 106 valence electrons. The van der Waals surface area contributed by atoms with Gasteiger partial charge in [0.05, 0.1) is 11.1 Å². The van der Waals surface area contributed by atoms with Crippen LogP contribution >= 0.6 is 23.4 Å². The third-order valence-electron chi connectivity index (χ3n) is 2.92. The molecule has 0 radical (unpaired) electrons. The van der Waals surface area contributed by atoms with Crippen LogP contribution in [-0.2, 0) is 0 Å². The Hall–Kier alpha value is -1.27. The predicted octanol–water partition coefficient (Wildman–Crippen LogP) is 2.98. The highest BCUT2D eigenvalue weighted by atomic mass is 35.5. The van der Waals surface area contributed by atoms with E-state index in [1.165, 1.54) is 11.1 Å². The maximum Gasteiger partial charge on any atom is 0.128 e. The van der Waals surface area contributed by atoms with Gasteiger partial charge in [0, 0.05) is 16.7 Å². The van der Waals surface area contributed by atoms with Crippen LogP contribution in [0.15, 0.2) is 41.4 Å². The van der Waals surface area contributed by atoms with E-state index in [1.807, 2.05) is 12.1 Å². The van der Waals surface area contributed by atoms with Gasteiger partial charge >= 0.3 is 0 Å². The van der Waals surface area contributed by atoms with E-state index >= 15 is 0 Å². The molecule has 1 unspecified atom stereocenters. The molecule has 1 atom stereocenters. The van der Waals surface area contributed by atoms with Crippen LogP contribution in [0.25, 0.3) is 0 Å². The first-order valence-corrected chi connectivity index (χ1v) is 7.62. The van der Waals surface area contributed by atoms with Crippen molar-refractivity contribution in [1.29, 1.82) is 0 Å². The summed E-state index contributed by atoms with van der Waals surface area (Å²) in [6.45, 7) is 2.13. The molecule has 0 aliphatic rings. The number of hydrogen-bond acceptors (Lipinski definition) is 5. The number of anilines is 1. The van der Waals surface area contributed by atoms with Gasteiger partial charge in [-0.2, -0.15) is 0 Å². The van der Waals surface area contributed by atoms with Crippen LogP contribution in [0, 0.1) is 0 Å². The summed E-state index contributed by atoms with van der Waals surface area (Å²) in [4.78, 5) is 5.29. The zero-order valence-electron chi connectivity index (χ0n) is 11.1. The third kappa shape index (κ3) is 3.43. The van der Waals surface area contributed by atoms with E-state index in [0.29, 0.717) is 10.8 Å². The van der Waals surface area contributed by atoms with E-state index in [9.17, 15) is 0 Å². The quantitative estimate of drug-likeness (QED) is 0.450. The number of nitrogens with one attached hydrogen (secondary N) is 1. The van der Waals surface area contributed by atoms with Crippen LogP contribution < -0.4 is 17.0 Å². The highest BCUT2D eigenvalue weighted by molar-refractivity contribution is 7.99. The topological polar surface area (TPSA) is 77.0 Å². The Morgan fingerprint density at radius 1 is 1.35 bits per heavy atom. The lowest BCUT2D eigenvalue weighted by Crippen LogP contribution is -2.29.